The predicted octanol–water partition coefficient (Wildman–Crippen LogP) is 0.654. The van der Waals surface area contributed by atoms with Gasteiger partial charge in [0.25, 0.3) is 0 Å². The summed E-state index contributed by atoms with van der Waals surface area (Å²) >= 11 is 0. The summed E-state index contributed by atoms with van der Waals surface area (Å²) in [5, 5.41) is 6.46. The van der Waals surface area contributed by atoms with Crippen LogP contribution >= 0.6 is 0 Å². The lowest BCUT2D eigenvalue weighted by atomic mass is 10.2. The number of methoxy groups -OCH3 is 1. The second-order valence-corrected chi connectivity index (χ2v) is 4.65. The van der Waals surface area contributed by atoms with Crippen molar-refractivity contribution in [2.24, 2.45) is 0 Å². The van der Waals surface area contributed by atoms with Gasteiger partial charge in [-0.3, -0.25) is 9.32 Å². The molecule has 1 amide bonds. The average Bonchev–Trinajstić information content (AvgIpc) is 2.81. The minimum Gasteiger partial charge on any atom is -0.383 e. The molecule has 1 aromatic carbocycles. The number of rotatable bonds is 6. The van der Waals surface area contributed by atoms with E-state index in [9.17, 15) is 9.59 Å². The lowest BCUT2D eigenvalue weighted by Crippen LogP contribution is -2.39. The van der Waals surface area contributed by atoms with E-state index in [4.69, 9.17) is 4.74 Å². The molecule has 7 nitrogen and oxygen atoms in total. The van der Waals surface area contributed by atoms with Crippen LogP contribution in [0, 0.1) is 0 Å². The van der Waals surface area contributed by atoms with Crippen molar-refractivity contribution in [2.45, 2.75) is 19.5 Å². The fraction of sp³-hybridized carbons (Fsp3) is 0.357. The fourth-order valence-electron chi connectivity index (χ4n) is 1.96. The number of hydrogen-bond acceptors (Lipinski definition) is 5. The highest BCUT2D eigenvalue weighted by atomic mass is 16.5. The predicted molar refractivity (Wildman–Crippen MR) is 75.7 cm³/mol. The zero-order valence-electron chi connectivity index (χ0n) is 11.9. The third-order valence-electron chi connectivity index (χ3n) is 2.84. The van der Waals surface area contributed by atoms with Crippen molar-refractivity contribution in [1.29, 1.82) is 0 Å². The van der Waals surface area contributed by atoms with E-state index in [-0.39, 0.29) is 18.5 Å². The Balaban J connectivity index is 2.16. The molecule has 112 valence electrons. The van der Waals surface area contributed by atoms with Crippen LogP contribution in [0.25, 0.3) is 11.4 Å². The second-order valence-electron chi connectivity index (χ2n) is 4.65. The number of nitrogens with zero attached hydrogens (tertiary/aromatic N) is 2. The monoisotopic (exact) mass is 291 g/mol. The molecule has 0 saturated carbocycles. The standard InChI is InChI=1S/C14H17N3O4/c1-10(9-20-2)15-12(18)8-17-13(16-21-14(17)19)11-6-4-3-5-7-11/h3-7,10H,8-9H2,1-2H3,(H,15,18)/t10-/m1/s1. The largest absolute Gasteiger partial charge is 0.442 e. The Morgan fingerprint density at radius 2 is 2.14 bits per heavy atom. The minimum absolute atomic E-state index is 0.141. The van der Waals surface area contributed by atoms with Gasteiger partial charge >= 0.3 is 5.76 Å². The molecule has 2 rings (SSSR count). The highest BCUT2D eigenvalue weighted by molar-refractivity contribution is 5.76. The first-order chi connectivity index (χ1) is 10.1. The zero-order valence-corrected chi connectivity index (χ0v) is 11.9. The summed E-state index contributed by atoms with van der Waals surface area (Å²) in [7, 11) is 1.56. The number of carbonyl (C=O) groups is 1. The molecule has 2 aromatic rings. The van der Waals surface area contributed by atoms with Crippen molar-refractivity contribution >= 4 is 5.91 Å². The maximum absolute atomic E-state index is 11.9. The molecule has 0 spiro atoms. The van der Waals surface area contributed by atoms with Gasteiger partial charge in [0.2, 0.25) is 5.91 Å². The van der Waals surface area contributed by atoms with Crippen molar-refractivity contribution in [2.75, 3.05) is 13.7 Å². The molecule has 1 aromatic heterocycles. The second kappa shape index (κ2) is 6.85. The van der Waals surface area contributed by atoms with Crippen molar-refractivity contribution in [3.8, 4) is 11.4 Å². The molecule has 1 heterocycles. The van der Waals surface area contributed by atoms with Gasteiger partial charge in [0.1, 0.15) is 6.54 Å². The molecule has 0 aliphatic carbocycles. The Hall–Kier alpha value is -2.41. The lowest BCUT2D eigenvalue weighted by molar-refractivity contribution is -0.122. The van der Waals surface area contributed by atoms with Gasteiger partial charge in [-0.1, -0.05) is 35.5 Å². The Morgan fingerprint density at radius 3 is 2.81 bits per heavy atom. The molecular weight excluding hydrogens is 274 g/mol. The molecule has 7 heteroatoms. The Morgan fingerprint density at radius 1 is 1.43 bits per heavy atom. The lowest BCUT2D eigenvalue weighted by Gasteiger charge is -2.12. The molecule has 21 heavy (non-hydrogen) atoms. The van der Waals surface area contributed by atoms with Crippen molar-refractivity contribution in [3.63, 3.8) is 0 Å². The van der Waals surface area contributed by atoms with E-state index in [1.807, 2.05) is 25.1 Å². The van der Waals surface area contributed by atoms with E-state index in [0.29, 0.717) is 18.0 Å². The molecule has 0 fully saturated rings. The molecular formula is C14H17N3O4. The Labute approximate surface area is 121 Å². The van der Waals surface area contributed by atoms with Gasteiger partial charge in [0.05, 0.1) is 6.61 Å². The number of nitrogens with one attached hydrogen (secondary N) is 1. The number of benzene rings is 1. The summed E-state index contributed by atoms with van der Waals surface area (Å²) in [6.07, 6.45) is 0. The first-order valence-electron chi connectivity index (χ1n) is 6.52. The molecule has 0 aliphatic heterocycles. The van der Waals surface area contributed by atoms with E-state index in [0.717, 1.165) is 0 Å². The van der Waals surface area contributed by atoms with Crippen LogP contribution in [0.3, 0.4) is 0 Å². The minimum atomic E-state index is -0.664. The smallest absolute Gasteiger partial charge is 0.383 e. The molecule has 0 unspecified atom stereocenters. The summed E-state index contributed by atoms with van der Waals surface area (Å²) in [6.45, 7) is 2.06. The summed E-state index contributed by atoms with van der Waals surface area (Å²) in [4.78, 5) is 23.6. The van der Waals surface area contributed by atoms with Gasteiger partial charge in [0, 0.05) is 18.7 Å². The number of carbonyl (C=O) groups excluding carboxylic acids is 1. The number of hydrogen-bond donors (Lipinski definition) is 1. The third-order valence-corrected chi connectivity index (χ3v) is 2.84. The summed E-state index contributed by atoms with van der Waals surface area (Å²) in [5.74, 6) is -0.638. The van der Waals surface area contributed by atoms with Crippen LogP contribution in [-0.4, -0.2) is 35.4 Å². The number of aromatic nitrogens is 2. The van der Waals surface area contributed by atoms with E-state index < -0.39 is 5.76 Å². The normalized spacial score (nSPS) is 12.1. The van der Waals surface area contributed by atoms with Crippen molar-refractivity contribution in [3.05, 3.63) is 40.9 Å². The Bertz CT molecular complexity index is 648. The highest BCUT2D eigenvalue weighted by Crippen LogP contribution is 2.14. The van der Waals surface area contributed by atoms with E-state index in [1.165, 1.54) is 4.57 Å². The molecule has 0 radical (unpaired) electrons. The molecule has 1 N–H and O–H groups in total. The number of amides is 1. The maximum Gasteiger partial charge on any atom is 0.442 e. The van der Waals surface area contributed by atoms with Gasteiger partial charge in [-0.25, -0.2) is 9.36 Å². The van der Waals surface area contributed by atoms with Crippen LogP contribution in [0.5, 0.6) is 0 Å². The molecule has 0 aliphatic rings. The SMILES string of the molecule is COC[C@@H](C)NC(=O)Cn1c(-c2ccccc2)noc1=O. The van der Waals surface area contributed by atoms with E-state index >= 15 is 0 Å². The summed E-state index contributed by atoms with van der Waals surface area (Å²) in [5.41, 5.74) is 0.709. The fourth-order valence-corrected chi connectivity index (χ4v) is 1.96. The highest BCUT2D eigenvalue weighted by Gasteiger charge is 2.16. The van der Waals surface area contributed by atoms with E-state index in [2.05, 4.69) is 15.0 Å². The average molecular weight is 291 g/mol. The van der Waals surface area contributed by atoms with Crippen LogP contribution in [0.15, 0.2) is 39.6 Å². The quantitative estimate of drug-likeness (QED) is 0.844. The Kier molecular flexibility index (Phi) is 4.89. The van der Waals surface area contributed by atoms with Gasteiger partial charge < -0.3 is 10.1 Å². The van der Waals surface area contributed by atoms with Crippen LogP contribution in [0.4, 0.5) is 0 Å². The van der Waals surface area contributed by atoms with Crippen LogP contribution in [0.2, 0.25) is 0 Å². The van der Waals surface area contributed by atoms with Gasteiger partial charge in [0.15, 0.2) is 5.82 Å². The van der Waals surface area contributed by atoms with Crippen LogP contribution in [0.1, 0.15) is 6.92 Å². The van der Waals surface area contributed by atoms with Crippen molar-refractivity contribution < 1.29 is 14.1 Å². The number of ether oxygens (including phenoxy) is 1. The van der Waals surface area contributed by atoms with E-state index in [1.54, 1.807) is 19.2 Å². The molecule has 0 bridgehead atoms. The molecule has 0 saturated heterocycles. The van der Waals surface area contributed by atoms with Gasteiger partial charge in [-0.05, 0) is 6.92 Å². The van der Waals surface area contributed by atoms with Gasteiger partial charge in [-0.15, -0.1) is 0 Å². The maximum atomic E-state index is 11.9. The summed E-state index contributed by atoms with van der Waals surface area (Å²) in [6, 6.07) is 8.93. The zero-order chi connectivity index (χ0) is 15.2. The first kappa shape index (κ1) is 15.0. The van der Waals surface area contributed by atoms with Crippen molar-refractivity contribution in [1.82, 2.24) is 15.0 Å². The van der Waals surface area contributed by atoms with Crippen LogP contribution in [-0.2, 0) is 16.1 Å². The topological polar surface area (TPSA) is 86.4 Å². The summed E-state index contributed by atoms with van der Waals surface area (Å²) < 4.78 is 10.8. The molecule has 1 atom stereocenters. The first-order valence-corrected chi connectivity index (χ1v) is 6.52. The van der Waals surface area contributed by atoms with Gasteiger partial charge in [-0.2, -0.15) is 0 Å². The third kappa shape index (κ3) is 3.79. The van der Waals surface area contributed by atoms with Crippen LogP contribution < -0.4 is 11.1 Å².